The SMILES string of the molecule is CC.CCCC1=CC2NC(c3ccc(C)cc3)=C(c3ccnc(C)n3)N2C=C1.[HH]. The maximum atomic E-state index is 4.69. The zero-order valence-corrected chi connectivity index (χ0v) is 17.5. The van der Waals surface area contributed by atoms with Gasteiger partial charge in [-0.2, -0.15) is 0 Å². The lowest BCUT2D eigenvalue weighted by Crippen LogP contribution is -2.33. The van der Waals surface area contributed by atoms with E-state index in [0.717, 1.165) is 35.8 Å². The highest BCUT2D eigenvalue weighted by molar-refractivity contribution is 5.91. The molecule has 4 heteroatoms. The van der Waals surface area contributed by atoms with Crippen LogP contribution in [0.15, 0.2) is 60.5 Å². The zero-order valence-electron chi connectivity index (χ0n) is 17.5. The highest BCUT2D eigenvalue weighted by Gasteiger charge is 2.32. The molecule has 0 saturated heterocycles. The standard InChI is InChI=1S/C22H24N4.C2H6.H2/c1-4-5-17-11-13-26-20(14-17)25-21(18-8-6-15(2)7-9-18)22(26)19-10-12-23-16(3)24-19;1-2;/h6-14,20,25H,4-5H2,1-3H3;1-2H3;1H. The van der Waals surface area contributed by atoms with Crippen LogP contribution in [0, 0.1) is 13.8 Å². The molecule has 4 rings (SSSR count). The van der Waals surface area contributed by atoms with Crippen molar-refractivity contribution < 1.29 is 1.43 Å². The Bertz CT molecular complexity index is 913. The van der Waals surface area contributed by atoms with Gasteiger partial charge in [0.2, 0.25) is 0 Å². The minimum absolute atomic E-state index is 0. The Balaban J connectivity index is 0.000000970. The molecule has 3 heterocycles. The lowest BCUT2D eigenvalue weighted by Gasteiger charge is -2.27. The second-order valence-electron chi connectivity index (χ2n) is 6.88. The summed E-state index contributed by atoms with van der Waals surface area (Å²) in [5.41, 5.74) is 6.98. The third-order valence-electron chi connectivity index (χ3n) is 4.81. The molecular formula is C24H32N4. The van der Waals surface area contributed by atoms with Crippen LogP contribution in [0.3, 0.4) is 0 Å². The maximum Gasteiger partial charge on any atom is 0.125 e. The van der Waals surface area contributed by atoms with Gasteiger partial charge in [0.1, 0.15) is 12.0 Å². The molecule has 1 unspecified atom stereocenters. The first-order valence-corrected chi connectivity index (χ1v) is 10.2. The lowest BCUT2D eigenvalue weighted by molar-refractivity contribution is 0.437. The van der Waals surface area contributed by atoms with Crippen LogP contribution in [0.4, 0.5) is 0 Å². The van der Waals surface area contributed by atoms with Gasteiger partial charge in [0, 0.05) is 13.8 Å². The Morgan fingerprint density at radius 3 is 2.54 bits per heavy atom. The van der Waals surface area contributed by atoms with E-state index in [1.807, 2.05) is 33.0 Å². The molecule has 0 spiro atoms. The number of fused-ring (bicyclic) bond motifs is 1. The number of rotatable bonds is 4. The zero-order chi connectivity index (χ0) is 20.1. The fourth-order valence-electron chi connectivity index (χ4n) is 3.52. The van der Waals surface area contributed by atoms with Crippen LogP contribution in [-0.4, -0.2) is 21.0 Å². The summed E-state index contributed by atoms with van der Waals surface area (Å²) in [7, 11) is 0. The molecule has 2 aromatic rings. The molecular weight excluding hydrogens is 344 g/mol. The summed E-state index contributed by atoms with van der Waals surface area (Å²) in [6.45, 7) is 10.3. The van der Waals surface area contributed by atoms with Crippen LogP contribution in [-0.2, 0) is 0 Å². The van der Waals surface area contributed by atoms with E-state index in [0.29, 0.717) is 0 Å². The molecule has 0 fully saturated rings. The molecule has 0 bridgehead atoms. The van der Waals surface area contributed by atoms with Gasteiger partial charge >= 0.3 is 0 Å². The smallest absolute Gasteiger partial charge is 0.125 e. The van der Waals surface area contributed by atoms with E-state index in [4.69, 9.17) is 0 Å². The number of allylic oxidation sites excluding steroid dienone is 2. The minimum Gasteiger partial charge on any atom is -0.359 e. The van der Waals surface area contributed by atoms with Crippen molar-refractivity contribution in [2.45, 2.75) is 53.6 Å². The Morgan fingerprint density at radius 2 is 1.86 bits per heavy atom. The van der Waals surface area contributed by atoms with Gasteiger partial charge in [0.15, 0.2) is 0 Å². The van der Waals surface area contributed by atoms with Crippen LogP contribution in [0.5, 0.6) is 0 Å². The maximum absolute atomic E-state index is 4.69. The number of aryl methyl sites for hydroxylation is 2. The van der Waals surface area contributed by atoms with Gasteiger partial charge in [-0.25, -0.2) is 9.97 Å². The van der Waals surface area contributed by atoms with Crippen LogP contribution < -0.4 is 5.32 Å². The van der Waals surface area contributed by atoms with Crippen LogP contribution >= 0.6 is 0 Å². The largest absolute Gasteiger partial charge is 0.359 e. The average Bonchev–Trinajstić information content (AvgIpc) is 3.09. The van der Waals surface area contributed by atoms with E-state index in [1.54, 1.807) is 0 Å². The van der Waals surface area contributed by atoms with Crippen molar-refractivity contribution >= 4 is 11.4 Å². The van der Waals surface area contributed by atoms with Gasteiger partial charge < -0.3 is 10.2 Å². The lowest BCUT2D eigenvalue weighted by atomic mass is 10.1. The van der Waals surface area contributed by atoms with Gasteiger partial charge in [0.25, 0.3) is 0 Å². The summed E-state index contributed by atoms with van der Waals surface area (Å²) >= 11 is 0. The average molecular weight is 377 g/mol. The van der Waals surface area contributed by atoms with Gasteiger partial charge in [0.05, 0.1) is 17.1 Å². The number of aromatic nitrogens is 2. The Kier molecular flexibility index (Phi) is 6.30. The van der Waals surface area contributed by atoms with E-state index >= 15 is 0 Å². The van der Waals surface area contributed by atoms with E-state index in [1.165, 1.54) is 16.7 Å². The summed E-state index contributed by atoms with van der Waals surface area (Å²) in [6, 6.07) is 10.6. The molecule has 28 heavy (non-hydrogen) atoms. The Morgan fingerprint density at radius 1 is 1.11 bits per heavy atom. The molecule has 1 atom stereocenters. The highest BCUT2D eigenvalue weighted by Crippen LogP contribution is 2.37. The van der Waals surface area contributed by atoms with Crippen molar-refractivity contribution in [2.75, 3.05) is 0 Å². The van der Waals surface area contributed by atoms with Crippen molar-refractivity contribution in [3.63, 3.8) is 0 Å². The molecule has 0 radical (unpaired) electrons. The molecule has 1 N–H and O–H groups in total. The molecule has 2 aliphatic rings. The van der Waals surface area contributed by atoms with Crippen LogP contribution in [0.2, 0.25) is 0 Å². The molecule has 148 valence electrons. The van der Waals surface area contributed by atoms with Crippen molar-refractivity contribution in [1.29, 1.82) is 0 Å². The number of hydrogen-bond acceptors (Lipinski definition) is 4. The van der Waals surface area contributed by atoms with Crippen molar-refractivity contribution in [3.8, 4) is 0 Å². The van der Waals surface area contributed by atoms with E-state index < -0.39 is 0 Å². The third-order valence-corrected chi connectivity index (χ3v) is 4.81. The first-order chi connectivity index (χ1) is 13.7. The quantitative estimate of drug-likeness (QED) is 0.746. The van der Waals surface area contributed by atoms with Gasteiger partial charge in [-0.15, -0.1) is 0 Å². The van der Waals surface area contributed by atoms with Gasteiger partial charge in [-0.1, -0.05) is 57.0 Å². The van der Waals surface area contributed by atoms with Gasteiger partial charge in [-0.05, 0) is 49.6 Å². The molecule has 0 saturated carbocycles. The van der Waals surface area contributed by atoms with Crippen LogP contribution in [0.25, 0.3) is 11.4 Å². The van der Waals surface area contributed by atoms with Gasteiger partial charge in [-0.3, -0.25) is 0 Å². The number of nitrogens with zero attached hydrogens (tertiary/aromatic N) is 3. The highest BCUT2D eigenvalue weighted by atomic mass is 15.3. The fraction of sp³-hybridized carbons (Fsp3) is 0.333. The summed E-state index contributed by atoms with van der Waals surface area (Å²) in [5, 5.41) is 3.70. The van der Waals surface area contributed by atoms with E-state index in [-0.39, 0.29) is 7.59 Å². The first-order valence-electron chi connectivity index (χ1n) is 10.2. The summed E-state index contributed by atoms with van der Waals surface area (Å²) < 4.78 is 0. The summed E-state index contributed by atoms with van der Waals surface area (Å²) in [4.78, 5) is 11.2. The number of hydrogen-bond donors (Lipinski definition) is 1. The number of nitrogens with one attached hydrogen (secondary N) is 1. The number of benzene rings is 1. The molecule has 1 aromatic heterocycles. The minimum atomic E-state index is 0. The molecule has 0 aliphatic carbocycles. The van der Waals surface area contributed by atoms with Crippen molar-refractivity contribution in [1.82, 2.24) is 20.2 Å². The fourth-order valence-corrected chi connectivity index (χ4v) is 3.52. The molecule has 0 amide bonds. The van der Waals surface area contributed by atoms with E-state index in [2.05, 4.69) is 76.6 Å². The second kappa shape index (κ2) is 8.87. The van der Waals surface area contributed by atoms with E-state index in [9.17, 15) is 0 Å². The topological polar surface area (TPSA) is 41.1 Å². The molecule has 4 nitrogen and oxygen atoms in total. The Labute approximate surface area is 170 Å². The normalized spacial score (nSPS) is 17.5. The molecule has 1 aromatic carbocycles. The summed E-state index contributed by atoms with van der Waals surface area (Å²) in [6.07, 6.45) is 10.9. The molecule has 2 aliphatic heterocycles. The van der Waals surface area contributed by atoms with Crippen molar-refractivity contribution in [3.05, 3.63) is 83.1 Å². The first kappa shape index (κ1) is 19.9. The van der Waals surface area contributed by atoms with Crippen LogP contribution in [0.1, 0.15) is 57.7 Å². The second-order valence-corrected chi connectivity index (χ2v) is 6.88. The van der Waals surface area contributed by atoms with Crippen molar-refractivity contribution in [2.24, 2.45) is 0 Å². The Hall–Kier alpha value is -2.88. The summed E-state index contributed by atoms with van der Waals surface area (Å²) in [5.74, 6) is 0.782. The third kappa shape index (κ3) is 4.01. The monoisotopic (exact) mass is 376 g/mol. The predicted octanol–water partition coefficient (Wildman–Crippen LogP) is 5.68. The predicted molar refractivity (Wildman–Crippen MR) is 119 cm³/mol.